The molecule has 1 aromatic carbocycles. The molecule has 0 aromatic heterocycles. The molecule has 1 saturated heterocycles. The second-order valence-corrected chi connectivity index (χ2v) is 6.29. The van der Waals surface area contributed by atoms with Crippen molar-refractivity contribution >= 4 is 41.5 Å². The van der Waals surface area contributed by atoms with E-state index in [9.17, 15) is 4.79 Å². The lowest BCUT2D eigenvalue weighted by Crippen LogP contribution is -2.26. The van der Waals surface area contributed by atoms with E-state index in [1.165, 1.54) is 6.42 Å². The van der Waals surface area contributed by atoms with E-state index in [2.05, 4.69) is 10.6 Å². The Morgan fingerprint density at radius 2 is 2.22 bits per heavy atom. The summed E-state index contributed by atoms with van der Waals surface area (Å²) in [4.78, 5) is 11.7. The third kappa shape index (κ3) is 7.17. The van der Waals surface area contributed by atoms with Crippen molar-refractivity contribution in [1.82, 2.24) is 10.6 Å². The Morgan fingerprint density at radius 1 is 1.39 bits per heavy atom. The fourth-order valence-electron chi connectivity index (χ4n) is 2.48. The highest BCUT2D eigenvalue weighted by molar-refractivity contribution is 6.42. The Hall–Kier alpha value is -0.680. The first-order valence-electron chi connectivity index (χ1n) is 7.71. The van der Waals surface area contributed by atoms with Gasteiger partial charge in [0.2, 0.25) is 5.91 Å². The molecule has 0 bridgehead atoms. The van der Waals surface area contributed by atoms with Crippen LogP contribution in [0.25, 0.3) is 0 Å². The predicted octanol–water partition coefficient (Wildman–Crippen LogP) is 3.69. The van der Waals surface area contributed by atoms with Crippen molar-refractivity contribution in [3.8, 4) is 5.75 Å². The topological polar surface area (TPSA) is 50.4 Å². The quantitative estimate of drug-likeness (QED) is 0.675. The van der Waals surface area contributed by atoms with Crippen LogP contribution in [0.5, 0.6) is 5.75 Å². The lowest BCUT2D eigenvalue weighted by Gasteiger charge is -2.10. The van der Waals surface area contributed by atoms with Crippen LogP contribution in [0.15, 0.2) is 18.2 Å². The lowest BCUT2D eigenvalue weighted by molar-refractivity contribution is -0.121. The second-order valence-electron chi connectivity index (χ2n) is 5.50. The summed E-state index contributed by atoms with van der Waals surface area (Å²) in [5.41, 5.74) is 0. The SMILES string of the molecule is Cl.O=C(CCCOc1cccc(Cl)c1Cl)NCCC1CCNC1. The minimum absolute atomic E-state index is 0. The zero-order valence-electron chi connectivity index (χ0n) is 12.9. The van der Waals surface area contributed by atoms with Crippen molar-refractivity contribution in [2.45, 2.75) is 25.7 Å². The minimum Gasteiger partial charge on any atom is -0.492 e. The Morgan fingerprint density at radius 3 is 2.96 bits per heavy atom. The minimum atomic E-state index is 0. The zero-order valence-corrected chi connectivity index (χ0v) is 15.3. The van der Waals surface area contributed by atoms with Crippen molar-refractivity contribution in [3.63, 3.8) is 0 Å². The largest absolute Gasteiger partial charge is 0.492 e. The number of halogens is 3. The van der Waals surface area contributed by atoms with Crippen LogP contribution in [0.4, 0.5) is 0 Å². The van der Waals surface area contributed by atoms with Gasteiger partial charge < -0.3 is 15.4 Å². The van der Waals surface area contributed by atoms with Gasteiger partial charge in [-0.1, -0.05) is 29.3 Å². The molecule has 0 radical (unpaired) electrons. The lowest BCUT2D eigenvalue weighted by atomic mass is 10.1. The Bertz CT molecular complexity index is 494. The maximum absolute atomic E-state index is 11.7. The van der Waals surface area contributed by atoms with Gasteiger partial charge in [0.25, 0.3) is 0 Å². The number of hydrogen-bond acceptors (Lipinski definition) is 3. The third-order valence-corrected chi connectivity index (χ3v) is 4.56. The van der Waals surface area contributed by atoms with Crippen LogP contribution in [-0.2, 0) is 4.79 Å². The third-order valence-electron chi connectivity index (χ3n) is 3.76. The standard InChI is InChI=1S/C16H22Cl2N2O2.ClH/c17-13-3-1-4-14(16(13)18)22-10-2-5-15(21)20-9-7-12-6-8-19-11-12;/h1,3-4,12,19H,2,5-11H2,(H,20,21);1H. The molecule has 0 spiro atoms. The van der Waals surface area contributed by atoms with Crippen molar-refractivity contribution in [1.29, 1.82) is 0 Å². The van der Waals surface area contributed by atoms with Crippen LogP contribution < -0.4 is 15.4 Å². The summed E-state index contributed by atoms with van der Waals surface area (Å²) in [5.74, 6) is 1.34. The monoisotopic (exact) mass is 380 g/mol. The van der Waals surface area contributed by atoms with Gasteiger partial charge in [-0.25, -0.2) is 0 Å². The van der Waals surface area contributed by atoms with Crippen LogP contribution in [0.1, 0.15) is 25.7 Å². The molecule has 0 aliphatic carbocycles. The molecule has 1 aliphatic heterocycles. The molecule has 1 fully saturated rings. The highest BCUT2D eigenvalue weighted by Crippen LogP contribution is 2.31. The molecular formula is C16H23Cl3N2O2. The highest BCUT2D eigenvalue weighted by atomic mass is 35.5. The van der Waals surface area contributed by atoms with Gasteiger partial charge >= 0.3 is 0 Å². The molecule has 1 aromatic rings. The number of carbonyl (C=O) groups is 1. The van der Waals surface area contributed by atoms with E-state index in [1.807, 2.05) is 0 Å². The van der Waals surface area contributed by atoms with Gasteiger partial charge in [0.05, 0.1) is 11.6 Å². The van der Waals surface area contributed by atoms with Gasteiger partial charge in [-0.05, 0) is 50.4 Å². The normalized spacial score (nSPS) is 16.7. The summed E-state index contributed by atoms with van der Waals surface area (Å²) in [7, 11) is 0. The van der Waals surface area contributed by atoms with Crippen LogP contribution >= 0.6 is 35.6 Å². The first-order valence-corrected chi connectivity index (χ1v) is 8.46. The molecule has 130 valence electrons. The summed E-state index contributed by atoms with van der Waals surface area (Å²) in [6.07, 6.45) is 3.37. The van der Waals surface area contributed by atoms with Crippen LogP contribution in [0.3, 0.4) is 0 Å². The summed E-state index contributed by atoms with van der Waals surface area (Å²) < 4.78 is 5.55. The van der Waals surface area contributed by atoms with Gasteiger partial charge in [-0.15, -0.1) is 12.4 Å². The van der Waals surface area contributed by atoms with Crippen molar-refractivity contribution in [2.75, 3.05) is 26.2 Å². The second kappa shape index (κ2) is 11.0. The van der Waals surface area contributed by atoms with Crippen molar-refractivity contribution in [3.05, 3.63) is 28.2 Å². The Kier molecular flexibility index (Phi) is 9.72. The van der Waals surface area contributed by atoms with Gasteiger partial charge in [0.15, 0.2) is 0 Å². The molecule has 1 heterocycles. The zero-order chi connectivity index (χ0) is 15.8. The average Bonchev–Trinajstić information content (AvgIpc) is 3.01. The van der Waals surface area contributed by atoms with Gasteiger partial charge in [0.1, 0.15) is 10.8 Å². The first kappa shape index (κ1) is 20.4. The summed E-state index contributed by atoms with van der Waals surface area (Å²) in [6, 6.07) is 5.27. The molecule has 1 unspecified atom stereocenters. The fourth-order valence-corrected chi connectivity index (χ4v) is 2.82. The number of rotatable bonds is 8. The van der Waals surface area contributed by atoms with E-state index >= 15 is 0 Å². The average molecular weight is 382 g/mol. The first-order chi connectivity index (χ1) is 10.7. The number of hydrogen-bond donors (Lipinski definition) is 2. The molecule has 1 atom stereocenters. The van der Waals surface area contributed by atoms with Crippen LogP contribution in [-0.4, -0.2) is 32.1 Å². The van der Waals surface area contributed by atoms with E-state index in [1.54, 1.807) is 18.2 Å². The fraction of sp³-hybridized carbons (Fsp3) is 0.562. The molecule has 1 amide bonds. The number of benzene rings is 1. The molecule has 4 nitrogen and oxygen atoms in total. The van der Waals surface area contributed by atoms with E-state index in [4.69, 9.17) is 27.9 Å². The van der Waals surface area contributed by atoms with Crippen LogP contribution in [0.2, 0.25) is 10.0 Å². The molecule has 1 aliphatic rings. The summed E-state index contributed by atoms with van der Waals surface area (Å²) in [5, 5.41) is 7.17. The number of ether oxygens (including phenoxy) is 1. The molecule has 2 N–H and O–H groups in total. The van der Waals surface area contributed by atoms with Gasteiger partial charge in [-0.3, -0.25) is 4.79 Å². The molecule has 7 heteroatoms. The van der Waals surface area contributed by atoms with Crippen molar-refractivity contribution < 1.29 is 9.53 Å². The molecule has 2 rings (SSSR count). The Labute approximate surface area is 153 Å². The van der Waals surface area contributed by atoms with E-state index in [0.717, 1.165) is 26.1 Å². The number of carbonyl (C=O) groups excluding carboxylic acids is 1. The van der Waals surface area contributed by atoms with E-state index in [-0.39, 0.29) is 18.3 Å². The van der Waals surface area contributed by atoms with Gasteiger partial charge in [-0.2, -0.15) is 0 Å². The summed E-state index contributed by atoms with van der Waals surface area (Å²) in [6.45, 7) is 3.37. The maximum Gasteiger partial charge on any atom is 0.220 e. The molecule has 0 saturated carbocycles. The molecular weight excluding hydrogens is 359 g/mol. The number of amides is 1. The highest BCUT2D eigenvalue weighted by Gasteiger charge is 2.14. The molecule has 23 heavy (non-hydrogen) atoms. The Balaban J connectivity index is 0.00000264. The van der Waals surface area contributed by atoms with Gasteiger partial charge in [0, 0.05) is 13.0 Å². The van der Waals surface area contributed by atoms with E-state index in [0.29, 0.717) is 41.2 Å². The summed E-state index contributed by atoms with van der Waals surface area (Å²) >= 11 is 11.9. The van der Waals surface area contributed by atoms with Crippen LogP contribution in [0, 0.1) is 5.92 Å². The van der Waals surface area contributed by atoms with Crippen molar-refractivity contribution in [2.24, 2.45) is 5.92 Å². The maximum atomic E-state index is 11.7. The predicted molar refractivity (Wildman–Crippen MR) is 97.0 cm³/mol. The van der Waals surface area contributed by atoms with E-state index < -0.39 is 0 Å². The smallest absolute Gasteiger partial charge is 0.220 e. The number of nitrogens with one attached hydrogen (secondary N) is 2.